The van der Waals surface area contributed by atoms with E-state index >= 15 is 0 Å². The van der Waals surface area contributed by atoms with Crippen LogP contribution >= 0.6 is 0 Å². The Morgan fingerprint density at radius 3 is 2.95 bits per heavy atom. The average Bonchev–Trinajstić information content (AvgIpc) is 3.02. The van der Waals surface area contributed by atoms with Gasteiger partial charge in [0, 0.05) is 17.9 Å². The van der Waals surface area contributed by atoms with E-state index in [4.69, 9.17) is 15.0 Å². The zero-order chi connectivity index (χ0) is 13.5. The van der Waals surface area contributed by atoms with Gasteiger partial charge >= 0.3 is 0 Å². The van der Waals surface area contributed by atoms with Gasteiger partial charge in [-0.3, -0.25) is 0 Å². The van der Waals surface area contributed by atoms with Crippen LogP contribution < -0.4 is 5.73 Å². The number of hydrogen-bond donors (Lipinski definition) is 1. The number of aryl methyl sites for hydroxylation is 1. The Balaban J connectivity index is 1.99. The SMILES string of the molecule is Cc1ccc(N)cc1-c1nc(C2(C)CCCO2)no1. The summed E-state index contributed by atoms with van der Waals surface area (Å²) in [6.45, 7) is 4.74. The molecule has 1 saturated heterocycles. The summed E-state index contributed by atoms with van der Waals surface area (Å²) in [7, 11) is 0. The van der Waals surface area contributed by atoms with Crippen LogP contribution in [0.4, 0.5) is 5.69 Å². The smallest absolute Gasteiger partial charge is 0.258 e. The van der Waals surface area contributed by atoms with Crippen LogP contribution in [0.1, 0.15) is 31.2 Å². The molecule has 1 atom stereocenters. The number of hydrogen-bond acceptors (Lipinski definition) is 5. The first kappa shape index (κ1) is 12.2. The van der Waals surface area contributed by atoms with E-state index in [1.165, 1.54) is 0 Å². The second kappa shape index (κ2) is 4.35. The van der Waals surface area contributed by atoms with Crippen LogP contribution in [0.2, 0.25) is 0 Å². The average molecular weight is 259 g/mol. The van der Waals surface area contributed by atoms with E-state index in [-0.39, 0.29) is 0 Å². The first-order valence-corrected chi connectivity index (χ1v) is 6.43. The van der Waals surface area contributed by atoms with Crippen LogP contribution in [-0.2, 0) is 10.3 Å². The van der Waals surface area contributed by atoms with Crippen molar-refractivity contribution in [1.29, 1.82) is 0 Å². The predicted octanol–water partition coefficient (Wildman–Crippen LogP) is 2.65. The minimum Gasteiger partial charge on any atom is -0.399 e. The van der Waals surface area contributed by atoms with E-state index in [9.17, 15) is 0 Å². The summed E-state index contributed by atoms with van der Waals surface area (Å²) in [5.74, 6) is 1.11. The fourth-order valence-corrected chi connectivity index (χ4v) is 2.37. The molecule has 2 heterocycles. The van der Waals surface area contributed by atoms with Crippen LogP contribution in [0.3, 0.4) is 0 Å². The Morgan fingerprint density at radius 2 is 2.21 bits per heavy atom. The standard InChI is InChI=1S/C14H17N3O2/c1-9-4-5-10(15)8-11(9)12-16-13(17-19-12)14(2)6-3-7-18-14/h4-5,8H,3,6-7,15H2,1-2H3. The topological polar surface area (TPSA) is 74.2 Å². The predicted molar refractivity (Wildman–Crippen MR) is 71.4 cm³/mol. The number of benzene rings is 1. The molecule has 1 aliphatic heterocycles. The molecule has 0 saturated carbocycles. The summed E-state index contributed by atoms with van der Waals surface area (Å²) in [6.07, 6.45) is 1.94. The highest BCUT2D eigenvalue weighted by Gasteiger charge is 2.36. The molecule has 0 amide bonds. The first-order valence-electron chi connectivity index (χ1n) is 6.43. The summed E-state index contributed by atoms with van der Waals surface area (Å²) >= 11 is 0. The van der Waals surface area contributed by atoms with Gasteiger partial charge in [-0.15, -0.1) is 0 Å². The minimum absolute atomic E-state index is 0.421. The Bertz CT molecular complexity index is 600. The van der Waals surface area contributed by atoms with Crippen LogP contribution in [0.5, 0.6) is 0 Å². The van der Waals surface area contributed by atoms with Gasteiger partial charge in [-0.25, -0.2) is 0 Å². The molecule has 1 aliphatic rings. The number of nitrogens with zero attached hydrogens (tertiary/aromatic N) is 2. The zero-order valence-electron chi connectivity index (χ0n) is 11.1. The van der Waals surface area contributed by atoms with Gasteiger partial charge in [0.2, 0.25) is 5.82 Å². The summed E-state index contributed by atoms with van der Waals surface area (Å²) in [5, 5.41) is 4.07. The molecule has 100 valence electrons. The van der Waals surface area contributed by atoms with Crippen molar-refractivity contribution in [2.45, 2.75) is 32.3 Å². The van der Waals surface area contributed by atoms with Gasteiger partial charge in [0.05, 0.1) is 0 Å². The number of ether oxygens (including phenoxy) is 1. The highest BCUT2D eigenvalue weighted by molar-refractivity contribution is 5.63. The highest BCUT2D eigenvalue weighted by Crippen LogP contribution is 2.35. The Kier molecular flexibility index (Phi) is 2.78. The molecule has 19 heavy (non-hydrogen) atoms. The van der Waals surface area contributed by atoms with Crippen LogP contribution in [-0.4, -0.2) is 16.7 Å². The molecule has 5 heteroatoms. The van der Waals surface area contributed by atoms with E-state index < -0.39 is 5.60 Å². The Labute approximate surface area is 111 Å². The molecule has 0 radical (unpaired) electrons. The minimum atomic E-state index is -0.421. The fourth-order valence-electron chi connectivity index (χ4n) is 2.37. The number of rotatable bonds is 2. The number of nitrogen functional groups attached to an aromatic ring is 1. The largest absolute Gasteiger partial charge is 0.399 e. The zero-order valence-corrected chi connectivity index (χ0v) is 11.1. The summed E-state index contributed by atoms with van der Waals surface area (Å²) in [4.78, 5) is 4.48. The van der Waals surface area contributed by atoms with Crippen molar-refractivity contribution in [3.63, 3.8) is 0 Å². The van der Waals surface area contributed by atoms with E-state index in [1.54, 1.807) is 0 Å². The van der Waals surface area contributed by atoms with Gasteiger partial charge in [0.25, 0.3) is 5.89 Å². The maximum atomic E-state index is 5.81. The maximum absolute atomic E-state index is 5.81. The van der Waals surface area contributed by atoms with Crippen molar-refractivity contribution in [2.75, 3.05) is 12.3 Å². The van der Waals surface area contributed by atoms with E-state index in [0.29, 0.717) is 17.4 Å². The molecule has 1 aromatic heterocycles. The molecule has 1 unspecified atom stereocenters. The molecular weight excluding hydrogens is 242 g/mol. The van der Waals surface area contributed by atoms with Gasteiger partial charge in [-0.05, 0) is 44.4 Å². The lowest BCUT2D eigenvalue weighted by Gasteiger charge is -2.17. The van der Waals surface area contributed by atoms with Gasteiger partial charge in [0.1, 0.15) is 5.60 Å². The van der Waals surface area contributed by atoms with E-state index in [2.05, 4.69) is 10.1 Å². The van der Waals surface area contributed by atoms with Crippen LogP contribution in [0.15, 0.2) is 22.7 Å². The van der Waals surface area contributed by atoms with Crippen molar-refractivity contribution in [3.8, 4) is 11.5 Å². The second-order valence-electron chi connectivity index (χ2n) is 5.18. The molecule has 0 bridgehead atoms. The number of anilines is 1. The normalized spacial score (nSPS) is 22.8. The maximum Gasteiger partial charge on any atom is 0.258 e. The summed E-state index contributed by atoms with van der Waals surface area (Å²) < 4.78 is 11.1. The Morgan fingerprint density at radius 1 is 1.37 bits per heavy atom. The van der Waals surface area contributed by atoms with E-state index in [0.717, 1.165) is 30.6 Å². The molecule has 3 rings (SSSR count). The lowest BCUT2D eigenvalue weighted by Crippen LogP contribution is -2.21. The van der Waals surface area contributed by atoms with Crippen molar-refractivity contribution in [3.05, 3.63) is 29.6 Å². The molecule has 0 spiro atoms. The van der Waals surface area contributed by atoms with E-state index in [1.807, 2.05) is 32.0 Å². The summed E-state index contributed by atoms with van der Waals surface area (Å²) in [5.41, 5.74) is 8.00. The fraction of sp³-hybridized carbons (Fsp3) is 0.429. The number of aromatic nitrogens is 2. The van der Waals surface area contributed by atoms with Crippen LogP contribution in [0, 0.1) is 6.92 Å². The van der Waals surface area contributed by atoms with Crippen LogP contribution in [0.25, 0.3) is 11.5 Å². The molecule has 2 N–H and O–H groups in total. The van der Waals surface area contributed by atoms with Crippen molar-refractivity contribution < 1.29 is 9.26 Å². The van der Waals surface area contributed by atoms with Crippen molar-refractivity contribution in [2.24, 2.45) is 0 Å². The monoisotopic (exact) mass is 259 g/mol. The van der Waals surface area contributed by atoms with Gasteiger partial charge in [0.15, 0.2) is 0 Å². The third-order valence-electron chi connectivity index (χ3n) is 3.61. The number of nitrogens with two attached hydrogens (primary N) is 1. The summed E-state index contributed by atoms with van der Waals surface area (Å²) in [6, 6.07) is 5.66. The van der Waals surface area contributed by atoms with Gasteiger partial charge in [-0.1, -0.05) is 11.2 Å². The Hall–Kier alpha value is -1.88. The van der Waals surface area contributed by atoms with Gasteiger partial charge in [-0.2, -0.15) is 4.98 Å². The van der Waals surface area contributed by atoms with Crippen molar-refractivity contribution >= 4 is 5.69 Å². The molecule has 1 aromatic carbocycles. The molecule has 2 aromatic rings. The lowest BCUT2D eigenvalue weighted by atomic mass is 10.0. The third kappa shape index (κ3) is 2.10. The molecule has 5 nitrogen and oxygen atoms in total. The molecular formula is C14H17N3O2. The lowest BCUT2D eigenvalue weighted by molar-refractivity contribution is 0.00768. The van der Waals surface area contributed by atoms with Gasteiger partial charge < -0.3 is 15.0 Å². The quantitative estimate of drug-likeness (QED) is 0.839. The third-order valence-corrected chi connectivity index (χ3v) is 3.61. The van der Waals surface area contributed by atoms with Crippen molar-refractivity contribution in [1.82, 2.24) is 10.1 Å². The molecule has 0 aliphatic carbocycles. The molecule has 1 fully saturated rings. The second-order valence-corrected chi connectivity index (χ2v) is 5.18. The highest BCUT2D eigenvalue weighted by atomic mass is 16.5. The first-order chi connectivity index (χ1) is 9.08.